The van der Waals surface area contributed by atoms with E-state index in [-0.39, 0.29) is 37.4 Å². The molecule has 2 aromatic carbocycles. The number of carbonyl (C=O) groups excluding carboxylic acids is 2. The lowest BCUT2D eigenvalue weighted by Gasteiger charge is -2.38. The van der Waals surface area contributed by atoms with Crippen LogP contribution in [-0.4, -0.2) is 59.0 Å². The molecule has 37 heavy (non-hydrogen) atoms. The fourth-order valence-electron chi connectivity index (χ4n) is 3.73. The summed E-state index contributed by atoms with van der Waals surface area (Å²) >= 11 is 0. The molecule has 196 valence electrons. The third-order valence-electron chi connectivity index (χ3n) is 5.82. The highest BCUT2D eigenvalue weighted by molar-refractivity contribution is 6.05. The minimum atomic E-state index is -0.719. The molecule has 0 unspecified atom stereocenters. The summed E-state index contributed by atoms with van der Waals surface area (Å²) in [5.41, 5.74) is 3.83. The maximum atomic E-state index is 12.5. The van der Waals surface area contributed by atoms with E-state index >= 15 is 0 Å². The average molecular weight is 508 g/mol. The van der Waals surface area contributed by atoms with Crippen molar-refractivity contribution >= 4 is 17.5 Å². The molecule has 0 spiro atoms. The van der Waals surface area contributed by atoms with Crippen molar-refractivity contribution in [2.24, 2.45) is 11.0 Å². The molecule has 0 aromatic heterocycles. The topological polar surface area (TPSA) is 136 Å². The first-order chi connectivity index (χ1) is 17.6. The van der Waals surface area contributed by atoms with Crippen LogP contribution in [0.15, 0.2) is 53.6 Å². The standard InChI is InChI=1S/C27H33N5O5/c1-18-13-24(34)30-31-26(18)20-9-11-22(12-10-20)36-16-25(35)29-17-27(3,4)32(15-19(2)33)37-23-8-6-5-7-21(23)14-28/h5-12,18-19,33H,13,15-17H2,1-4H3,(H,29,35)(H,30,34)/t18-,19-/m0/s1. The van der Waals surface area contributed by atoms with Gasteiger partial charge in [0.2, 0.25) is 5.91 Å². The summed E-state index contributed by atoms with van der Waals surface area (Å²) in [6.07, 6.45) is -0.313. The van der Waals surface area contributed by atoms with Gasteiger partial charge in [0.05, 0.1) is 29.5 Å². The molecule has 1 aliphatic rings. The molecule has 0 radical (unpaired) electrons. The fourth-order valence-corrected chi connectivity index (χ4v) is 3.73. The Balaban J connectivity index is 1.55. The van der Waals surface area contributed by atoms with Crippen LogP contribution in [0.25, 0.3) is 0 Å². The molecule has 0 bridgehead atoms. The van der Waals surface area contributed by atoms with Gasteiger partial charge in [-0.05, 0) is 62.7 Å². The van der Waals surface area contributed by atoms with Crippen LogP contribution in [0, 0.1) is 17.2 Å². The Bertz CT molecular complexity index is 1170. The lowest BCUT2D eigenvalue weighted by atomic mass is 9.94. The summed E-state index contributed by atoms with van der Waals surface area (Å²) in [5, 5.41) is 27.9. The lowest BCUT2D eigenvalue weighted by Crippen LogP contribution is -2.55. The number of rotatable bonds is 11. The number of carbonyl (C=O) groups is 2. The number of aliphatic hydroxyl groups excluding tert-OH is 1. The zero-order valence-electron chi connectivity index (χ0n) is 21.5. The van der Waals surface area contributed by atoms with Crippen LogP contribution in [0.3, 0.4) is 0 Å². The fraction of sp³-hybridized carbons (Fsp3) is 0.407. The molecule has 2 atom stereocenters. The molecule has 0 fully saturated rings. The number of β-amino-alcohol motifs (C(OH)–C–C–N with tert-alkyl or cyclic N) is 1. The molecule has 0 saturated heterocycles. The van der Waals surface area contributed by atoms with Crippen LogP contribution in [0.4, 0.5) is 0 Å². The first-order valence-corrected chi connectivity index (χ1v) is 12.1. The first-order valence-electron chi connectivity index (χ1n) is 12.1. The van der Waals surface area contributed by atoms with Gasteiger partial charge in [-0.15, -0.1) is 5.06 Å². The van der Waals surface area contributed by atoms with Crippen LogP contribution in [0.1, 0.15) is 45.2 Å². The number of amides is 2. The number of hydrazone groups is 1. The van der Waals surface area contributed by atoms with Crippen LogP contribution < -0.4 is 20.3 Å². The Kier molecular flexibility index (Phi) is 9.22. The highest BCUT2D eigenvalue weighted by Gasteiger charge is 2.31. The summed E-state index contributed by atoms with van der Waals surface area (Å²) in [5.74, 6) is 0.490. The van der Waals surface area contributed by atoms with Crippen molar-refractivity contribution in [3.63, 3.8) is 0 Å². The van der Waals surface area contributed by atoms with E-state index in [2.05, 4.69) is 21.9 Å². The second-order valence-corrected chi connectivity index (χ2v) is 9.65. The Morgan fingerprint density at radius 3 is 2.65 bits per heavy atom. The monoisotopic (exact) mass is 507 g/mol. The molecule has 1 heterocycles. The van der Waals surface area contributed by atoms with E-state index in [1.807, 2.05) is 32.9 Å². The average Bonchev–Trinajstić information content (AvgIpc) is 2.86. The molecule has 0 saturated carbocycles. The lowest BCUT2D eigenvalue weighted by molar-refractivity contribution is -0.150. The number of nitriles is 1. The zero-order chi connectivity index (χ0) is 27.0. The van der Waals surface area contributed by atoms with E-state index < -0.39 is 11.6 Å². The number of aliphatic hydroxyl groups is 1. The van der Waals surface area contributed by atoms with E-state index in [4.69, 9.17) is 9.57 Å². The van der Waals surface area contributed by atoms with Crippen LogP contribution in [-0.2, 0) is 9.59 Å². The minimum Gasteiger partial charge on any atom is -0.484 e. The number of para-hydroxylation sites is 1. The van der Waals surface area contributed by atoms with Crippen molar-refractivity contribution in [2.75, 3.05) is 19.7 Å². The normalized spacial score (nSPS) is 16.3. The predicted octanol–water partition coefficient (Wildman–Crippen LogP) is 2.37. The smallest absolute Gasteiger partial charge is 0.258 e. The highest BCUT2D eigenvalue weighted by Crippen LogP contribution is 2.23. The number of hydrogen-bond donors (Lipinski definition) is 3. The summed E-state index contributed by atoms with van der Waals surface area (Å²) in [6.45, 7) is 7.50. The third kappa shape index (κ3) is 7.77. The van der Waals surface area contributed by atoms with Crippen LogP contribution in [0.5, 0.6) is 11.5 Å². The van der Waals surface area contributed by atoms with Gasteiger partial charge >= 0.3 is 0 Å². The second kappa shape index (κ2) is 12.3. The van der Waals surface area contributed by atoms with E-state index in [9.17, 15) is 20.0 Å². The summed E-state index contributed by atoms with van der Waals surface area (Å²) in [7, 11) is 0. The van der Waals surface area contributed by atoms with Gasteiger partial charge in [0.1, 0.15) is 11.8 Å². The van der Waals surface area contributed by atoms with Crippen molar-refractivity contribution < 1.29 is 24.3 Å². The molecule has 0 aliphatic carbocycles. The summed E-state index contributed by atoms with van der Waals surface area (Å²) in [4.78, 5) is 29.9. The van der Waals surface area contributed by atoms with Crippen LogP contribution >= 0.6 is 0 Å². The zero-order valence-corrected chi connectivity index (χ0v) is 21.5. The van der Waals surface area contributed by atoms with Gasteiger partial charge in [0.25, 0.3) is 5.91 Å². The predicted molar refractivity (Wildman–Crippen MR) is 138 cm³/mol. The third-order valence-corrected chi connectivity index (χ3v) is 5.82. The Morgan fingerprint density at radius 1 is 1.30 bits per heavy atom. The van der Waals surface area contributed by atoms with Gasteiger partial charge in [0, 0.05) is 18.9 Å². The van der Waals surface area contributed by atoms with Gasteiger partial charge in [-0.3, -0.25) is 9.59 Å². The molecular formula is C27H33N5O5. The molecule has 1 aliphatic heterocycles. The van der Waals surface area contributed by atoms with E-state index in [0.717, 1.165) is 11.3 Å². The number of nitrogens with zero attached hydrogens (tertiary/aromatic N) is 3. The maximum Gasteiger partial charge on any atom is 0.258 e. The van der Waals surface area contributed by atoms with Gasteiger partial charge in [-0.1, -0.05) is 19.1 Å². The number of nitrogens with one attached hydrogen (secondary N) is 2. The molecule has 10 heteroatoms. The molecule has 10 nitrogen and oxygen atoms in total. The highest BCUT2D eigenvalue weighted by atomic mass is 16.7. The number of hydroxylamine groups is 2. The number of ether oxygens (including phenoxy) is 1. The van der Waals surface area contributed by atoms with E-state index in [0.29, 0.717) is 23.5 Å². The van der Waals surface area contributed by atoms with Crippen molar-refractivity contribution in [1.82, 2.24) is 15.8 Å². The van der Waals surface area contributed by atoms with Gasteiger partial charge in [-0.2, -0.15) is 10.4 Å². The summed E-state index contributed by atoms with van der Waals surface area (Å²) in [6, 6.07) is 16.1. The number of benzene rings is 2. The van der Waals surface area contributed by atoms with Crippen molar-refractivity contribution in [3.8, 4) is 17.6 Å². The second-order valence-electron chi connectivity index (χ2n) is 9.65. The van der Waals surface area contributed by atoms with Gasteiger partial charge in [0.15, 0.2) is 12.4 Å². The van der Waals surface area contributed by atoms with Crippen molar-refractivity contribution in [3.05, 3.63) is 59.7 Å². The van der Waals surface area contributed by atoms with E-state index in [1.165, 1.54) is 0 Å². The van der Waals surface area contributed by atoms with Gasteiger partial charge in [-0.25, -0.2) is 5.43 Å². The van der Waals surface area contributed by atoms with Crippen molar-refractivity contribution in [1.29, 1.82) is 5.26 Å². The molecule has 2 amide bonds. The molecule has 2 aromatic rings. The quantitative estimate of drug-likeness (QED) is 0.397. The summed E-state index contributed by atoms with van der Waals surface area (Å²) < 4.78 is 5.63. The van der Waals surface area contributed by atoms with Crippen molar-refractivity contribution in [2.45, 2.75) is 45.8 Å². The Morgan fingerprint density at radius 2 is 2.00 bits per heavy atom. The number of hydrogen-bond acceptors (Lipinski definition) is 8. The van der Waals surface area contributed by atoms with Gasteiger partial charge < -0.3 is 20.0 Å². The minimum absolute atomic E-state index is 0.0143. The maximum absolute atomic E-state index is 12.5. The Labute approximate surface area is 216 Å². The molecule has 3 rings (SSSR count). The largest absolute Gasteiger partial charge is 0.484 e. The SMILES string of the molecule is C[C@H](O)CN(Oc1ccccc1C#N)C(C)(C)CNC(=O)COc1ccc(C2=NNC(=O)C[C@@H]2C)cc1. The molecule has 3 N–H and O–H groups in total. The van der Waals surface area contributed by atoms with E-state index in [1.54, 1.807) is 48.4 Å². The molecular weight excluding hydrogens is 474 g/mol. The first kappa shape index (κ1) is 27.6. The van der Waals surface area contributed by atoms with Crippen LogP contribution in [0.2, 0.25) is 0 Å². The Hall–Kier alpha value is -3.94.